The number of carbonyl (C=O) groups is 1. The molecule has 0 saturated carbocycles. The highest BCUT2D eigenvalue weighted by Gasteiger charge is 2.16. The first-order valence-corrected chi connectivity index (χ1v) is 9.12. The maximum atomic E-state index is 12.4. The van der Waals surface area contributed by atoms with Gasteiger partial charge in [-0.3, -0.25) is 14.4 Å². The van der Waals surface area contributed by atoms with Crippen LogP contribution in [0.5, 0.6) is 0 Å². The molecule has 0 bridgehead atoms. The molecule has 8 nitrogen and oxygen atoms in total. The van der Waals surface area contributed by atoms with E-state index >= 15 is 0 Å². The maximum Gasteiger partial charge on any atom is 0.271 e. The highest BCUT2D eigenvalue weighted by atomic mass is 16.5. The minimum atomic E-state index is -0.166. The highest BCUT2D eigenvalue weighted by Crippen LogP contribution is 2.27. The number of fused-ring (bicyclic) bond motifs is 1. The summed E-state index contributed by atoms with van der Waals surface area (Å²) in [4.78, 5) is 18.1. The number of benzene rings is 1. The molecule has 142 valence electrons. The fourth-order valence-corrected chi connectivity index (χ4v) is 3.39. The number of H-pyrrole nitrogens is 1. The van der Waals surface area contributed by atoms with Gasteiger partial charge in [0.2, 0.25) is 0 Å². The monoisotopic (exact) mass is 368 g/mol. The van der Waals surface area contributed by atoms with E-state index in [0.29, 0.717) is 12.2 Å². The molecule has 8 heteroatoms. The van der Waals surface area contributed by atoms with Crippen LogP contribution >= 0.6 is 0 Å². The molecule has 1 aliphatic heterocycles. The molecule has 1 aromatic carbocycles. The number of morpholine rings is 1. The number of nitrogens with zero attached hydrogens (tertiary/aromatic N) is 3. The van der Waals surface area contributed by atoms with Gasteiger partial charge in [0.25, 0.3) is 5.91 Å². The number of nitrogens with one attached hydrogen (secondary N) is 2. The minimum absolute atomic E-state index is 0.166. The quantitative estimate of drug-likeness (QED) is 0.588. The van der Waals surface area contributed by atoms with Gasteiger partial charge in [-0.25, -0.2) is 0 Å². The lowest BCUT2D eigenvalue weighted by molar-refractivity contribution is 0.0383. The molecule has 1 aliphatic rings. The van der Waals surface area contributed by atoms with Crippen molar-refractivity contribution in [3.05, 3.63) is 36.0 Å². The number of rotatable bonds is 5. The van der Waals surface area contributed by atoms with Gasteiger partial charge < -0.3 is 20.8 Å². The van der Waals surface area contributed by atoms with Crippen molar-refractivity contribution < 1.29 is 9.53 Å². The summed E-state index contributed by atoms with van der Waals surface area (Å²) in [6.45, 7) is 4.74. The van der Waals surface area contributed by atoms with Gasteiger partial charge in [-0.2, -0.15) is 5.10 Å². The van der Waals surface area contributed by atoms with Crippen LogP contribution < -0.4 is 11.1 Å². The van der Waals surface area contributed by atoms with Crippen molar-refractivity contribution in [3.63, 3.8) is 0 Å². The highest BCUT2D eigenvalue weighted by molar-refractivity contribution is 5.96. The lowest BCUT2D eigenvalue weighted by Crippen LogP contribution is -2.41. The molecule has 4 N–H and O–H groups in total. The molecule has 1 saturated heterocycles. The van der Waals surface area contributed by atoms with Crippen molar-refractivity contribution in [2.24, 2.45) is 7.05 Å². The minimum Gasteiger partial charge on any atom is -0.398 e. The Morgan fingerprint density at radius 1 is 1.33 bits per heavy atom. The largest absolute Gasteiger partial charge is 0.398 e. The Morgan fingerprint density at radius 2 is 2.15 bits per heavy atom. The van der Waals surface area contributed by atoms with Gasteiger partial charge in [-0.15, -0.1) is 0 Å². The van der Waals surface area contributed by atoms with E-state index in [2.05, 4.69) is 20.3 Å². The summed E-state index contributed by atoms with van der Waals surface area (Å²) in [5.41, 5.74) is 9.84. The van der Waals surface area contributed by atoms with Crippen LogP contribution in [-0.2, 0) is 11.8 Å². The van der Waals surface area contributed by atoms with E-state index in [4.69, 9.17) is 10.5 Å². The van der Waals surface area contributed by atoms with Gasteiger partial charge in [-0.05, 0) is 24.3 Å². The molecule has 27 heavy (non-hydrogen) atoms. The summed E-state index contributed by atoms with van der Waals surface area (Å²) >= 11 is 0. The van der Waals surface area contributed by atoms with E-state index in [9.17, 15) is 4.79 Å². The number of anilines is 1. The van der Waals surface area contributed by atoms with Crippen molar-refractivity contribution >= 4 is 22.5 Å². The summed E-state index contributed by atoms with van der Waals surface area (Å²) in [7, 11) is 1.83. The van der Waals surface area contributed by atoms with Gasteiger partial charge in [0.15, 0.2) is 5.69 Å². The van der Waals surface area contributed by atoms with Crippen molar-refractivity contribution in [1.29, 1.82) is 0 Å². The number of hydrogen-bond donors (Lipinski definition) is 3. The molecular weight excluding hydrogens is 344 g/mol. The van der Waals surface area contributed by atoms with Crippen molar-refractivity contribution in [3.8, 4) is 11.4 Å². The fourth-order valence-electron chi connectivity index (χ4n) is 3.39. The smallest absolute Gasteiger partial charge is 0.271 e. The van der Waals surface area contributed by atoms with Gasteiger partial charge in [0, 0.05) is 49.8 Å². The second-order valence-electron chi connectivity index (χ2n) is 6.74. The molecule has 1 fully saturated rings. The molecular formula is C19H24N6O2. The summed E-state index contributed by atoms with van der Waals surface area (Å²) in [5, 5.41) is 8.27. The first kappa shape index (κ1) is 17.6. The lowest BCUT2D eigenvalue weighted by Gasteiger charge is -2.26. The number of carbonyl (C=O) groups excluding carboxylic acids is 1. The molecule has 0 spiro atoms. The number of aromatic amines is 1. The van der Waals surface area contributed by atoms with E-state index in [-0.39, 0.29) is 5.91 Å². The zero-order chi connectivity index (χ0) is 18.8. The standard InChI is InChI=1S/C19H24N6O2/c1-24-18(16-11-13-14(20)3-2-4-15(13)22-16)12-17(23-24)19(26)21-5-6-25-7-9-27-10-8-25/h2-4,11-12,22H,5-10,20H2,1H3,(H,21,26). The zero-order valence-electron chi connectivity index (χ0n) is 15.4. The van der Waals surface area contributed by atoms with Crippen LogP contribution in [0.2, 0.25) is 0 Å². The first-order chi connectivity index (χ1) is 13.1. The second-order valence-corrected chi connectivity index (χ2v) is 6.74. The molecule has 3 heterocycles. The molecule has 0 unspecified atom stereocenters. The predicted octanol–water partition coefficient (Wildman–Crippen LogP) is 1.21. The number of nitrogen functional groups attached to an aromatic ring is 1. The number of amides is 1. The van der Waals surface area contributed by atoms with Gasteiger partial charge in [0.1, 0.15) is 0 Å². The summed E-state index contributed by atoms with van der Waals surface area (Å²) in [6.07, 6.45) is 0. The molecule has 0 aliphatic carbocycles. The van der Waals surface area contributed by atoms with Crippen LogP contribution in [0.4, 0.5) is 5.69 Å². The van der Waals surface area contributed by atoms with Gasteiger partial charge in [-0.1, -0.05) is 6.07 Å². The number of nitrogens with two attached hydrogens (primary N) is 1. The average Bonchev–Trinajstić information content (AvgIpc) is 3.27. The fraction of sp³-hybridized carbons (Fsp3) is 0.368. The summed E-state index contributed by atoms with van der Waals surface area (Å²) in [6, 6.07) is 9.54. The van der Waals surface area contributed by atoms with E-state index in [1.807, 2.05) is 31.3 Å². The van der Waals surface area contributed by atoms with E-state index in [1.165, 1.54) is 0 Å². The van der Waals surface area contributed by atoms with Gasteiger partial charge >= 0.3 is 0 Å². The summed E-state index contributed by atoms with van der Waals surface area (Å²) in [5.74, 6) is -0.166. The summed E-state index contributed by atoms with van der Waals surface area (Å²) < 4.78 is 7.04. The number of hydrogen-bond acceptors (Lipinski definition) is 5. The van der Waals surface area contributed by atoms with Crippen LogP contribution in [0.1, 0.15) is 10.5 Å². The Kier molecular flexibility index (Phi) is 4.83. The first-order valence-electron chi connectivity index (χ1n) is 9.12. The van der Waals surface area contributed by atoms with E-state index < -0.39 is 0 Å². The van der Waals surface area contributed by atoms with E-state index in [1.54, 1.807) is 10.7 Å². The third-order valence-electron chi connectivity index (χ3n) is 4.90. The lowest BCUT2D eigenvalue weighted by atomic mass is 10.2. The zero-order valence-corrected chi connectivity index (χ0v) is 15.4. The molecule has 2 aromatic heterocycles. The average molecular weight is 368 g/mol. The van der Waals surface area contributed by atoms with Crippen molar-refractivity contribution in [2.45, 2.75) is 0 Å². The van der Waals surface area contributed by atoms with Crippen LogP contribution in [0.15, 0.2) is 30.3 Å². The Bertz CT molecular complexity index is 954. The normalized spacial score (nSPS) is 15.3. The number of aromatic nitrogens is 3. The molecule has 1 amide bonds. The van der Waals surface area contributed by atoms with Crippen molar-refractivity contribution in [2.75, 3.05) is 45.1 Å². The Hall–Kier alpha value is -2.84. The second kappa shape index (κ2) is 7.42. The van der Waals surface area contributed by atoms with Crippen LogP contribution in [0, 0.1) is 0 Å². The Morgan fingerprint density at radius 3 is 2.93 bits per heavy atom. The topological polar surface area (TPSA) is 101 Å². The molecule has 0 radical (unpaired) electrons. The van der Waals surface area contributed by atoms with Crippen LogP contribution in [0.25, 0.3) is 22.3 Å². The van der Waals surface area contributed by atoms with Crippen LogP contribution in [-0.4, -0.2) is 65.0 Å². The maximum absolute atomic E-state index is 12.4. The Labute approximate surface area is 157 Å². The SMILES string of the molecule is Cn1nc(C(=O)NCCN2CCOCC2)cc1-c1cc2c(N)cccc2[nH]1. The van der Waals surface area contributed by atoms with Crippen LogP contribution in [0.3, 0.4) is 0 Å². The molecule has 3 aromatic rings. The predicted molar refractivity (Wildman–Crippen MR) is 105 cm³/mol. The Balaban J connectivity index is 1.45. The molecule has 4 rings (SSSR count). The van der Waals surface area contributed by atoms with Crippen molar-refractivity contribution in [1.82, 2.24) is 25.0 Å². The molecule has 0 atom stereocenters. The third-order valence-corrected chi connectivity index (χ3v) is 4.90. The van der Waals surface area contributed by atoms with E-state index in [0.717, 1.165) is 60.8 Å². The number of aryl methyl sites for hydroxylation is 1. The number of ether oxygens (including phenoxy) is 1. The van der Waals surface area contributed by atoms with Gasteiger partial charge in [0.05, 0.1) is 24.6 Å². The third kappa shape index (κ3) is 3.67.